The number of rotatable bonds is 0. The zero-order valence-corrected chi connectivity index (χ0v) is 8.19. The Labute approximate surface area is 90.3 Å². The molecule has 1 N–H and O–H groups in total. The van der Waals surface area contributed by atoms with E-state index in [-0.39, 0.29) is 5.91 Å². The molecule has 0 aromatic carbocycles. The Morgan fingerprint density at radius 3 is 2.94 bits per heavy atom. The molecule has 0 aromatic rings. The fourth-order valence-electron chi connectivity index (χ4n) is 1.97. The summed E-state index contributed by atoms with van der Waals surface area (Å²) in [6.07, 6.45) is 3.54. The lowest BCUT2D eigenvalue weighted by molar-refractivity contribution is -0.138. The van der Waals surface area contributed by atoms with Gasteiger partial charge in [-0.1, -0.05) is 0 Å². The third-order valence-corrected chi connectivity index (χ3v) is 2.73. The molecule has 3 aliphatic heterocycles. The molecule has 0 radical (unpaired) electrons. The number of hydrogen-bond acceptors (Lipinski definition) is 3. The van der Waals surface area contributed by atoms with Crippen LogP contribution in [0, 0.1) is 0 Å². The molecule has 16 heavy (non-hydrogen) atoms. The molecule has 3 rings (SSSR count). The monoisotopic (exact) mass is 217 g/mol. The van der Waals surface area contributed by atoms with Gasteiger partial charge in [0.1, 0.15) is 5.84 Å². The molecule has 3 aliphatic rings. The van der Waals surface area contributed by atoms with Crippen molar-refractivity contribution in [1.82, 2.24) is 10.2 Å². The summed E-state index contributed by atoms with van der Waals surface area (Å²) >= 11 is 0. The van der Waals surface area contributed by atoms with Crippen LogP contribution >= 0.6 is 0 Å². The van der Waals surface area contributed by atoms with E-state index >= 15 is 0 Å². The average Bonchev–Trinajstić information content (AvgIpc) is 2.56. The molecule has 0 aliphatic carbocycles. The molecule has 0 fully saturated rings. The fourth-order valence-corrected chi connectivity index (χ4v) is 1.97. The van der Waals surface area contributed by atoms with Crippen LogP contribution < -0.4 is 5.32 Å². The highest BCUT2D eigenvalue weighted by atomic mass is 16.2. The number of amides is 3. The molecule has 0 saturated heterocycles. The zero-order valence-electron chi connectivity index (χ0n) is 8.19. The maximum atomic E-state index is 11.5. The van der Waals surface area contributed by atoms with Crippen molar-refractivity contribution < 1.29 is 14.4 Å². The topological polar surface area (TPSA) is 78.8 Å². The van der Waals surface area contributed by atoms with E-state index in [0.29, 0.717) is 29.9 Å². The van der Waals surface area contributed by atoms with Crippen molar-refractivity contribution in [3.05, 3.63) is 23.4 Å². The van der Waals surface area contributed by atoms with E-state index in [1.165, 1.54) is 11.1 Å². The largest absolute Gasteiger partial charge is 0.352 e. The maximum absolute atomic E-state index is 11.5. The number of hydrogen-bond donors (Lipinski definition) is 1. The van der Waals surface area contributed by atoms with E-state index in [0.717, 1.165) is 0 Å². The number of aliphatic imine (C=N–C) groups is 1. The standard InChI is InChI=1S/C10H7N3O3/c14-8-6-2-4-13-7(5(6)1-3-11-8)12-9(15)10(13)16/h2,4H,1,3H2,(H,11,14). The molecule has 0 aromatic heterocycles. The highest BCUT2D eigenvalue weighted by Gasteiger charge is 2.38. The smallest absolute Gasteiger partial charge is 0.337 e. The van der Waals surface area contributed by atoms with E-state index < -0.39 is 11.8 Å². The third kappa shape index (κ3) is 1.01. The minimum atomic E-state index is -0.778. The molecule has 0 saturated carbocycles. The molecule has 0 bridgehead atoms. The lowest BCUT2D eigenvalue weighted by Gasteiger charge is -2.25. The van der Waals surface area contributed by atoms with Gasteiger partial charge >= 0.3 is 11.8 Å². The first-order valence-electron chi connectivity index (χ1n) is 4.84. The molecule has 80 valence electrons. The first kappa shape index (κ1) is 9.02. The average molecular weight is 217 g/mol. The van der Waals surface area contributed by atoms with Crippen molar-refractivity contribution in [2.75, 3.05) is 6.54 Å². The van der Waals surface area contributed by atoms with E-state index in [2.05, 4.69) is 10.3 Å². The summed E-state index contributed by atoms with van der Waals surface area (Å²) in [5.74, 6) is -1.32. The summed E-state index contributed by atoms with van der Waals surface area (Å²) in [6.45, 7) is 0.501. The van der Waals surface area contributed by atoms with Gasteiger partial charge in [-0.25, -0.2) is 0 Å². The van der Waals surface area contributed by atoms with Gasteiger partial charge in [0.15, 0.2) is 0 Å². The number of carbonyl (C=O) groups is 3. The molecule has 0 spiro atoms. The lowest BCUT2D eigenvalue weighted by atomic mass is 9.97. The molecular formula is C10H7N3O3. The predicted molar refractivity (Wildman–Crippen MR) is 53.1 cm³/mol. The first-order chi connectivity index (χ1) is 7.68. The number of amidine groups is 1. The Kier molecular flexibility index (Phi) is 1.62. The lowest BCUT2D eigenvalue weighted by Crippen LogP contribution is -2.39. The molecule has 3 amide bonds. The SMILES string of the molecule is O=C1N=C2C3=C(C=CN2C1=O)C(=O)NCC3. The van der Waals surface area contributed by atoms with Crippen LogP contribution in [0.3, 0.4) is 0 Å². The van der Waals surface area contributed by atoms with Gasteiger partial charge in [0.2, 0.25) is 0 Å². The van der Waals surface area contributed by atoms with Crippen molar-refractivity contribution in [3.63, 3.8) is 0 Å². The fraction of sp³-hybridized carbons (Fsp3) is 0.200. The zero-order chi connectivity index (χ0) is 11.3. The molecule has 6 heteroatoms. The second-order valence-electron chi connectivity index (χ2n) is 3.63. The van der Waals surface area contributed by atoms with Crippen LogP contribution in [-0.4, -0.2) is 35.0 Å². The van der Waals surface area contributed by atoms with Crippen LogP contribution in [0.2, 0.25) is 0 Å². The Bertz CT molecular complexity index is 527. The maximum Gasteiger partial charge on any atom is 0.337 e. The van der Waals surface area contributed by atoms with Crippen LogP contribution in [0.25, 0.3) is 0 Å². The molecule has 0 unspecified atom stereocenters. The number of nitrogens with one attached hydrogen (secondary N) is 1. The molecular weight excluding hydrogens is 210 g/mol. The van der Waals surface area contributed by atoms with E-state index in [1.54, 1.807) is 6.08 Å². The van der Waals surface area contributed by atoms with Gasteiger partial charge in [-0.2, -0.15) is 4.99 Å². The van der Waals surface area contributed by atoms with Gasteiger partial charge in [-0.15, -0.1) is 0 Å². The van der Waals surface area contributed by atoms with E-state index in [4.69, 9.17) is 0 Å². The normalized spacial score (nSPS) is 23.1. The van der Waals surface area contributed by atoms with Crippen molar-refractivity contribution in [1.29, 1.82) is 0 Å². The number of nitrogens with zero attached hydrogens (tertiary/aromatic N) is 2. The van der Waals surface area contributed by atoms with E-state index in [9.17, 15) is 14.4 Å². The number of fused-ring (bicyclic) bond motifs is 2. The Morgan fingerprint density at radius 1 is 1.31 bits per heavy atom. The minimum Gasteiger partial charge on any atom is -0.352 e. The van der Waals surface area contributed by atoms with Gasteiger partial charge in [0.05, 0.1) is 0 Å². The Hall–Kier alpha value is -2.24. The van der Waals surface area contributed by atoms with Crippen molar-refractivity contribution in [2.45, 2.75) is 6.42 Å². The Morgan fingerprint density at radius 2 is 2.12 bits per heavy atom. The third-order valence-electron chi connectivity index (χ3n) is 2.73. The van der Waals surface area contributed by atoms with Crippen LogP contribution in [0.4, 0.5) is 0 Å². The van der Waals surface area contributed by atoms with Crippen LogP contribution in [0.15, 0.2) is 28.4 Å². The van der Waals surface area contributed by atoms with E-state index in [1.807, 2.05) is 0 Å². The van der Waals surface area contributed by atoms with Crippen molar-refractivity contribution in [3.8, 4) is 0 Å². The minimum absolute atomic E-state index is 0.188. The summed E-state index contributed by atoms with van der Waals surface area (Å²) in [5, 5.41) is 2.69. The van der Waals surface area contributed by atoms with Crippen LogP contribution in [0.5, 0.6) is 0 Å². The van der Waals surface area contributed by atoms with Crippen molar-refractivity contribution >= 4 is 23.6 Å². The van der Waals surface area contributed by atoms with Gasteiger partial charge in [-0.3, -0.25) is 19.3 Å². The summed E-state index contributed by atoms with van der Waals surface area (Å²) in [6, 6.07) is 0. The summed E-state index contributed by atoms with van der Waals surface area (Å²) in [7, 11) is 0. The van der Waals surface area contributed by atoms with Crippen molar-refractivity contribution in [2.24, 2.45) is 4.99 Å². The number of carbonyl (C=O) groups excluding carboxylic acids is 3. The summed E-state index contributed by atoms with van der Waals surface area (Å²) < 4.78 is 0. The van der Waals surface area contributed by atoms with Crippen LogP contribution in [-0.2, 0) is 14.4 Å². The highest BCUT2D eigenvalue weighted by Crippen LogP contribution is 2.26. The second-order valence-corrected chi connectivity index (χ2v) is 3.63. The van der Waals surface area contributed by atoms with Gasteiger partial charge in [-0.05, 0) is 12.5 Å². The molecule has 3 heterocycles. The first-order valence-corrected chi connectivity index (χ1v) is 4.84. The quantitative estimate of drug-likeness (QED) is 0.534. The highest BCUT2D eigenvalue weighted by molar-refractivity contribution is 6.46. The van der Waals surface area contributed by atoms with Gasteiger partial charge in [0, 0.05) is 23.9 Å². The summed E-state index contributed by atoms with van der Waals surface area (Å²) in [5.41, 5.74) is 1.16. The Balaban J connectivity index is 2.15. The summed E-state index contributed by atoms with van der Waals surface area (Å²) in [4.78, 5) is 38.9. The van der Waals surface area contributed by atoms with Crippen LogP contribution in [0.1, 0.15) is 6.42 Å². The second kappa shape index (κ2) is 2.88. The predicted octanol–water partition coefficient (Wildman–Crippen LogP) is -0.903. The van der Waals surface area contributed by atoms with Gasteiger partial charge < -0.3 is 5.32 Å². The molecule has 0 atom stereocenters. The molecule has 6 nitrogen and oxygen atoms in total. The van der Waals surface area contributed by atoms with Gasteiger partial charge in [0.25, 0.3) is 5.91 Å².